The summed E-state index contributed by atoms with van der Waals surface area (Å²) in [5, 5.41) is 20.0. The standard InChI is InChI=1S/C10H14N2O9/c13-2-7(14)11-1-8(15)20-5-3-18-10-6(21-12(16)17)4-19-9(5)10/h5-6,9-10,13H,1-4H2,(H,11,14)/t5-,6?,9+,10+/m0/s1. The normalized spacial score (nSPS) is 30.5. The number of aliphatic hydroxyl groups is 1. The SMILES string of the molecule is O=C(CO)NCC(=O)O[C@H]1CO[C@@H]2C(O[N+](=O)[O-])CO[C@H]12. The first-order chi connectivity index (χ1) is 10.0. The van der Waals surface area contributed by atoms with Gasteiger partial charge in [-0.1, -0.05) is 0 Å². The predicted octanol–water partition coefficient (Wildman–Crippen LogP) is -2.62. The summed E-state index contributed by atoms with van der Waals surface area (Å²) in [5.74, 6) is -1.43. The van der Waals surface area contributed by atoms with E-state index in [0.717, 1.165) is 0 Å². The molecule has 0 aromatic carbocycles. The Balaban J connectivity index is 1.80. The predicted molar refractivity (Wildman–Crippen MR) is 61.3 cm³/mol. The monoisotopic (exact) mass is 306 g/mol. The molecule has 0 spiro atoms. The first-order valence-corrected chi connectivity index (χ1v) is 6.12. The third kappa shape index (κ3) is 3.77. The van der Waals surface area contributed by atoms with E-state index in [1.165, 1.54) is 0 Å². The Morgan fingerprint density at radius 3 is 2.52 bits per heavy atom. The van der Waals surface area contributed by atoms with Crippen LogP contribution in [0.1, 0.15) is 0 Å². The molecule has 11 heteroatoms. The highest BCUT2D eigenvalue weighted by Crippen LogP contribution is 2.30. The van der Waals surface area contributed by atoms with Crippen LogP contribution in [0.2, 0.25) is 0 Å². The minimum atomic E-state index is -0.927. The number of nitrogens with one attached hydrogen (secondary N) is 1. The van der Waals surface area contributed by atoms with E-state index in [-0.39, 0.29) is 13.2 Å². The van der Waals surface area contributed by atoms with Crippen LogP contribution < -0.4 is 5.32 Å². The summed E-state index contributed by atoms with van der Waals surface area (Å²) < 4.78 is 15.6. The van der Waals surface area contributed by atoms with Crippen molar-refractivity contribution in [2.24, 2.45) is 0 Å². The number of hydrogen-bond acceptors (Lipinski definition) is 9. The Labute approximate surface area is 118 Å². The van der Waals surface area contributed by atoms with Gasteiger partial charge in [-0.25, -0.2) is 0 Å². The Morgan fingerprint density at radius 1 is 1.29 bits per heavy atom. The molecule has 11 nitrogen and oxygen atoms in total. The number of aliphatic hydroxyl groups excluding tert-OH is 1. The second-order valence-corrected chi connectivity index (χ2v) is 4.43. The first kappa shape index (κ1) is 15.4. The lowest BCUT2D eigenvalue weighted by Gasteiger charge is -2.16. The number of carbonyl (C=O) groups excluding carboxylic acids is 2. The van der Waals surface area contributed by atoms with E-state index >= 15 is 0 Å². The molecule has 2 N–H and O–H groups in total. The maximum atomic E-state index is 11.5. The molecular weight excluding hydrogens is 292 g/mol. The van der Waals surface area contributed by atoms with E-state index in [9.17, 15) is 19.7 Å². The molecule has 118 valence electrons. The molecule has 1 unspecified atom stereocenters. The fourth-order valence-electron chi connectivity index (χ4n) is 2.17. The van der Waals surface area contributed by atoms with Crippen molar-refractivity contribution in [3.8, 4) is 0 Å². The summed E-state index contributed by atoms with van der Waals surface area (Å²) in [6.07, 6.45) is -2.91. The molecule has 4 atom stereocenters. The Morgan fingerprint density at radius 2 is 1.90 bits per heavy atom. The van der Waals surface area contributed by atoms with Crippen LogP contribution in [0.3, 0.4) is 0 Å². The summed E-state index contributed by atoms with van der Waals surface area (Å²) in [6.45, 7) is -1.14. The van der Waals surface area contributed by atoms with Crippen molar-refractivity contribution in [3.63, 3.8) is 0 Å². The number of fused-ring (bicyclic) bond motifs is 1. The van der Waals surface area contributed by atoms with Crippen molar-refractivity contribution in [1.82, 2.24) is 5.32 Å². The zero-order chi connectivity index (χ0) is 15.4. The van der Waals surface area contributed by atoms with Crippen molar-refractivity contribution >= 4 is 11.9 Å². The molecule has 2 rings (SSSR count). The summed E-state index contributed by atoms with van der Waals surface area (Å²) in [5.41, 5.74) is 0. The van der Waals surface area contributed by atoms with Gasteiger partial charge in [0.1, 0.15) is 25.4 Å². The lowest BCUT2D eigenvalue weighted by Crippen LogP contribution is -2.38. The Kier molecular flexibility index (Phi) is 4.88. The minimum Gasteiger partial charge on any atom is -0.456 e. The zero-order valence-corrected chi connectivity index (χ0v) is 10.8. The number of ether oxygens (including phenoxy) is 3. The molecule has 0 aromatic rings. The van der Waals surface area contributed by atoms with Gasteiger partial charge in [-0.2, -0.15) is 0 Å². The molecule has 1 amide bonds. The lowest BCUT2D eigenvalue weighted by molar-refractivity contribution is -0.769. The number of carbonyl (C=O) groups is 2. The topological polar surface area (TPSA) is 146 Å². The van der Waals surface area contributed by atoms with E-state index < -0.39 is 54.5 Å². The molecular formula is C10H14N2O9. The molecule has 0 aromatic heterocycles. The third-order valence-electron chi connectivity index (χ3n) is 3.04. The smallest absolute Gasteiger partial charge is 0.325 e. The van der Waals surface area contributed by atoms with Gasteiger partial charge >= 0.3 is 5.97 Å². The van der Waals surface area contributed by atoms with Crippen LogP contribution in [0.5, 0.6) is 0 Å². The first-order valence-electron chi connectivity index (χ1n) is 6.12. The molecule has 2 aliphatic heterocycles. The van der Waals surface area contributed by atoms with Gasteiger partial charge in [0.25, 0.3) is 5.09 Å². The lowest BCUT2D eigenvalue weighted by atomic mass is 10.1. The second kappa shape index (κ2) is 6.65. The summed E-state index contributed by atoms with van der Waals surface area (Å²) in [4.78, 5) is 37.0. The van der Waals surface area contributed by atoms with Crippen LogP contribution in [-0.4, -0.2) is 72.9 Å². The van der Waals surface area contributed by atoms with Crippen LogP contribution in [0, 0.1) is 10.1 Å². The van der Waals surface area contributed by atoms with Gasteiger partial charge in [-0.3, -0.25) is 9.59 Å². The number of nitrogens with zero attached hydrogens (tertiary/aromatic N) is 1. The molecule has 2 saturated heterocycles. The number of esters is 1. The average Bonchev–Trinajstić information content (AvgIpc) is 3.00. The number of hydrogen-bond donors (Lipinski definition) is 2. The third-order valence-corrected chi connectivity index (χ3v) is 3.04. The maximum absolute atomic E-state index is 11.5. The Bertz CT molecular complexity index is 429. The molecule has 0 aliphatic carbocycles. The summed E-state index contributed by atoms with van der Waals surface area (Å²) in [6, 6.07) is 0. The van der Waals surface area contributed by atoms with Gasteiger partial charge in [0.15, 0.2) is 12.2 Å². The van der Waals surface area contributed by atoms with Crippen LogP contribution in [0.4, 0.5) is 0 Å². The van der Waals surface area contributed by atoms with Crippen LogP contribution in [0.15, 0.2) is 0 Å². The van der Waals surface area contributed by atoms with E-state index in [0.29, 0.717) is 0 Å². The zero-order valence-electron chi connectivity index (χ0n) is 10.8. The van der Waals surface area contributed by atoms with Crippen LogP contribution >= 0.6 is 0 Å². The fraction of sp³-hybridized carbons (Fsp3) is 0.800. The van der Waals surface area contributed by atoms with Crippen LogP contribution in [0.25, 0.3) is 0 Å². The van der Waals surface area contributed by atoms with E-state index in [4.69, 9.17) is 19.3 Å². The van der Waals surface area contributed by atoms with Crippen molar-refractivity contribution < 1.29 is 38.8 Å². The van der Waals surface area contributed by atoms with Crippen molar-refractivity contribution in [3.05, 3.63) is 10.1 Å². The molecule has 21 heavy (non-hydrogen) atoms. The van der Waals surface area contributed by atoms with Gasteiger partial charge in [-0.15, -0.1) is 10.1 Å². The van der Waals surface area contributed by atoms with E-state index in [1.807, 2.05) is 0 Å². The quantitative estimate of drug-likeness (QED) is 0.306. The highest BCUT2D eigenvalue weighted by atomic mass is 17.0. The maximum Gasteiger partial charge on any atom is 0.325 e. The average molecular weight is 306 g/mol. The second-order valence-electron chi connectivity index (χ2n) is 4.43. The molecule has 0 bridgehead atoms. The van der Waals surface area contributed by atoms with Crippen LogP contribution in [-0.2, 0) is 28.6 Å². The minimum absolute atomic E-state index is 0.0204. The van der Waals surface area contributed by atoms with Crippen molar-refractivity contribution in [2.45, 2.75) is 24.4 Å². The molecule has 0 radical (unpaired) electrons. The highest BCUT2D eigenvalue weighted by Gasteiger charge is 2.51. The van der Waals surface area contributed by atoms with Gasteiger partial charge in [0, 0.05) is 0 Å². The van der Waals surface area contributed by atoms with E-state index in [2.05, 4.69) is 10.2 Å². The van der Waals surface area contributed by atoms with Gasteiger partial charge in [-0.05, 0) is 0 Å². The van der Waals surface area contributed by atoms with E-state index in [1.54, 1.807) is 0 Å². The molecule has 2 fully saturated rings. The molecule has 2 aliphatic rings. The number of rotatable bonds is 6. The van der Waals surface area contributed by atoms with Gasteiger partial charge < -0.3 is 29.5 Å². The largest absolute Gasteiger partial charge is 0.456 e. The van der Waals surface area contributed by atoms with Crippen molar-refractivity contribution in [1.29, 1.82) is 0 Å². The molecule has 0 saturated carbocycles. The fourth-order valence-corrected chi connectivity index (χ4v) is 2.17. The summed E-state index contributed by atoms with van der Waals surface area (Å²) >= 11 is 0. The Hall–Kier alpha value is -1.98. The van der Waals surface area contributed by atoms with Crippen molar-refractivity contribution in [2.75, 3.05) is 26.4 Å². The summed E-state index contributed by atoms with van der Waals surface area (Å²) in [7, 11) is 0. The molecule has 2 heterocycles. The highest BCUT2D eigenvalue weighted by molar-refractivity contribution is 5.82. The van der Waals surface area contributed by atoms with Gasteiger partial charge in [0.05, 0.1) is 13.2 Å². The number of amides is 1. The van der Waals surface area contributed by atoms with Gasteiger partial charge in [0.2, 0.25) is 5.91 Å².